The van der Waals surface area contributed by atoms with E-state index in [0.717, 1.165) is 31.5 Å². The first-order valence-corrected chi connectivity index (χ1v) is 6.72. The highest BCUT2D eigenvalue weighted by Gasteiger charge is 2.24. The highest BCUT2D eigenvalue weighted by atomic mass is 16.1. The number of primary amides is 1. The summed E-state index contributed by atoms with van der Waals surface area (Å²) in [4.78, 5) is 13.9. The van der Waals surface area contributed by atoms with Crippen molar-refractivity contribution >= 4 is 5.91 Å². The van der Waals surface area contributed by atoms with Gasteiger partial charge in [-0.05, 0) is 57.3 Å². The summed E-state index contributed by atoms with van der Waals surface area (Å²) in [6.07, 6.45) is 2.23. The second-order valence-corrected chi connectivity index (χ2v) is 5.36. The van der Waals surface area contributed by atoms with E-state index >= 15 is 0 Å². The van der Waals surface area contributed by atoms with E-state index < -0.39 is 0 Å². The van der Waals surface area contributed by atoms with Crippen LogP contribution in [0.15, 0.2) is 24.3 Å². The lowest BCUT2D eigenvalue weighted by Gasteiger charge is -2.35. The highest BCUT2D eigenvalue weighted by molar-refractivity contribution is 5.94. The molecule has 1 aliphatic rings. The van der Waals surface area contributed by atoms with Crippen LogP contribution in [0.25, 0.3) is 0 Å². The van der Waals surface area contributed by atoms with Gasteiger partial charge in [0.15, 0.2) is 0 Å². The van der Waals surface area contributed by atoms with Crippen molar-refractivity contribution in [3.05, 3.63) is 35.4 Å². The number of carbonyl (C=O) groups excluding carboxylic acids is 1. The van der Waals surface area contributed by atoms with Crippen molar-refractivity contribution in [2.24, 2.45) is 5.73 Å². The molecular formula is C15H22N2O. The van der Waals surface area contributed by atoms with Gasteiger partial charge >= 0.3 is 0 Å². The molecule has 1 aliphatic heterocycles. The van der Waals surface area contributed by atoms with Crippen LogP contribution in [0.4, 0.5) is 0 Å². The topological polar surface area (TPSA) is 46.3 Å². The smallest absolute Gasteiger partial charge is 0.248 e. The van der Waals surface area contributed by atoms with Crippen molar-refractivity contribution in [3.63, 3.8) is 0 Å². The van der Waals surface area contributed by atoms with Gasteiger partial charge < -0.3 is 10.6 Å². The molecule has 18 heavy (non-hydrogen) atoms. The van der Waals surface area contributed by atoms with Gasteiger partial charge in [0.05, 0.1) is 0 Å². The van der Waals surface area contributed by atoms with Crippen molar-refractivity contribution in [1.29, 1.82) is 0 Å². The Morgan fingerprint density at radius 2 is 1.89 bits per heavy atom. The van der Waals surface area contributed by atoms with E-state index in [1.54, 1.807) is 0 Å². The molecule has 0 atom stereocenters. The van der Waals surface area contributed by atoms with Crippen LogP contribution in [0.5, 0.6) is 0 Å². The van der Waals surface area contributed by atoms with Crippen LogP contribution in [-0.4, -0.2) is 29.9 Å². The third-order valence-electron chi connectivity index (χ3n) is 3.93. The molecule has 0 radical (unpaired) electrons. The van der Waals surface area contributed by atoms with E-state index in [4.69, 9.17) is 5.73 Å². The van der Waals surface area contributed by atoms with Gasteiger partial charge in [0.1, 0.15) is 0 Å². The molecule has 2 rings (SSSR count). The van der Waals surface area contributed by atoms with Crippen LogP contribution in [0.3, 0.4) is 0 Å². The summed E-state index contributed by atoms with van der Waals surface area (Å²) in [5, 5.41) is 0. The minimum atomic E-state index is -0.308. The van der Waals surface area contributed by atoms with Gasteiger partial charge in [0.25, 0.3) is 0 Å². The summed E-state index contributed by atoms with van der Waals surface area (Å²) >= 11 is 0. The van der Waals surface area contributed by atoms with Crippen molar-refractivity contribution in [2.75, 3.05) is 13.1 Å². The fourth-order valence-electron chi connectivity index (χ4n) is 2.80. The number of rotatable bonds is 3. The van der Waals surface area contributed by atoms with Crippen LogP contribution in [0.1, 0.15) is 48.5 Å². The summed E-state index contributed by atoms with van der Waals surface area (Å²) in [6, 6.07) is 8.38. The summed E-state index contributed by atoms with van der Waals surface area (Å²) in [5.74, 6) is 0.167. The molecule has 98 valence electrons. The van der Waals surface area contributed by atoms with Crippen molar-refractivity contribution < 1.29 is 4.79 Å². The zero-order valence-electron chi connectivity index (χ0n) is 11.2. The number of amides is 1. The Morgan fingerprint density at radius 3 is 2.44 bits per heavy atom. The Hall–Kier alpha value is -1.35. The number of hydrogen-bond acceptors (Lipinski definition) is 2. The average molecular weight is 246 g/mol. The third-order valence-corrected chi connectivity index (χ3v) is 3.93. The molecule has 0 aromatic heterocycles. The maximum absolute atomic E-state index is 11.4. The summed E-state index contributed by atoms with van der Waals surface area (Å²) < 4.78 is 0. The number of piperidine rings is 1. The molecule has 0 unspecified atom stereocenters. The predicted octanol–water partition coefficient (Wildman–Crippen LogP) is 2.37. The number of nitrogens with zero attached hydrogens (tertiary/aromatic N) is 1. The standard InChI is InChI=1S/C15H22N2O/c1-11(2)17-9-7-12(8-10-17)13-5-3-4-6-14(13)15(16)18/h3-6,11-12H,7-10H2,1-2H3,(H2,16,18). The van der Waals surface area contributed by atoms with Gasteiger partial charge in [0.2, 0.25) is 5.91 Å². The largest absolute Gasteiger partial charge is 0.366 e. The van der Waals surface area contributed by atoms with Crippen molar-refractivity contribution in [2.45, 2.75) is 38.6 Å². The second-order valence-electron chi connectivity index (χ2n) is 5.36. The number of benzene rings is 1. The molecule has 1 aromatic rings. The molecule has 0 bridgehead atoms. The lowest BCUT2D eigenvalue weighted by Crippen LogP contribution is -2.38. The van der Waals surface area contributed by atoms with Crippen LogP contribution < -0.4 is 5.73 Å². The zero-order valence-corrected chi connectivity index (χ0v) is 11.2. The number of carbonyl (C=O) groups is 1. The van der Waals surface area contributed by atoms with Crippen molar-refractivity contribution in [1.82, 2.24) is 4.90 Å². The Balaban J connectivity index is 2.12. The molecule has 3 heteroatoms. The molecule has 1 amide bonds. The molecular weight excluding hydrogens is 224 g/mol. The summed E-state index contributed by atoms with van der Waals surface area (Å²) in [6.45, 7) is 6.68. The Morgan fingerprint density at radius 1 is 1.28 bits per heavy atom. The Kier molecular flexibility index (Phi) is 4.02. The fourth-order valence-corrected chi connectivity index (χ4v) is 2.80. The lowest BCUT2D eigenvalue weighted by molar-refractivity contribution is 0.0997. The van der Waals surface area contributed by atoms with Gasteiger partial charge in [-0.15, -0.1) is 0 Å². The number of hydrogen-bond donors (Lipinski definition) is 1. The average Bonchev–Trinajstić information content (AvgIpc) is 2.39. The second kappa shape index (κ2) is 5.53. The Labute approximate surface area is 109 Å². The highest BCUT2D eigenvalue weighted by Crippen LogP contribution is 2.30. The van der Waals surface area contributed by atoms with Crippen molar-refractivity contribution in [3.8, 4) is 0 Å². The third kappa shape index (κ3) is 2.72. The zero-order chi connectivity index (χ0) is 13.1. The quantitative estimate of drug-likeness (QED) is 0.890. The first-order valence-electron chi connectivity index (χ1n) is 6.72. The van der Waals surface area contributed by atoms with E-state index in [2.05, 4.69) is 24.8 Å². The lowest BCUT2D eigenvalue weighted by atomic mass is 9.86. The SMILES string of the molecule is CC(C)N1CCC(c2ccccc2C(N)=O)CC1. The van der Waals surface area contributed by atoms with E-state index in [1.807, 2.05) is 18.2 Å². The van der Waals surface area contributed by atoms with Gasteiger partial charge in [-0.1, -0.05) is 18.2 Å². The molecule has 1 heterocycles. The predicted molar refractivity (Wildman–Crippen MR) is 73.6 cm³/mol. The van der Waals surface area contributed by atoms with E-state index in [1.165, 1.54) is 0 Å². The van der Waals surface area contributed by atoms with Crippen LogP contribution in [0.2, 0.25) is 0 Å². The summed E-state index contributed by atoms with van der Waals surface area (Å²) in [5.41, 5.74) is 7.28. The minimum Gasteiger partial charge on any atom is -0.366 e. The van der Waals surface area contributed by atoms with E-state index in [-0.39, 0.29) is 5.91 Å². The Bertz CT molecular complexity index is 420. The van der Waals surface area contributed by atoms with E-state index in [0.29, 0.717) is 17.5 Å². The fraction of sp³-hybridized carbons (Fsp3) is 0.533. The first-order chi connectivity index (χ1) is 8.59. The molecule has 1 fully saturated rings. The molecule has 0 saturated carbocycles. The maximum atomic E-state index is 11.4. The minimum absolute atomic E-state index is 0.308. The first kappa shape index (κ1) is 13.1. The van der Waals surface area contributed by atoms with Crippen LogP contribution in [-0.2, 0) is 0 Å². The van der Waals surface area contributed by atoms with Crippen LogP contribution in [0, 0.1) is 0 Å². The normalized spacial score (nSPS) is 18.2. The summed E-state index contributed by atoms with van der Waals surface area (Å²) in [7, 11) is 0. The van der Waals surface area contributed by atoms with Crippen LogP contribution >= 0.6 is 0 Å². The monoisotopic (exact) mass is 246 g/mol. The van der Waals surface area contributed by atoms with Gasteiger partial charge in [0, 0.05) is 11.6 Å². The number of likely N-dealkylation sites (tertiary alicyclic amines) is 1. The maximum Gasteiger partial charge on any atom is 0.248 e. The van der Waals surface area contributed by atoms with E-state index in [9.17, 15) is 4.79 Å². The van der Waals surface area contributed by atoms with Gasteiger partial charge in [-0.25, -0.2) is 0 Å². The van der Waals surface area contributed by atoms with Gasteiger partial charge in [-0.2, -0.15) is 0 Å². The van der Waals surface area contributed by atoms with Gasteiger partial charge in [-0.3, -0.25) is 4.79 Å². The molecule has 1 saturated heterocycles. The molecule has 2 N–H and O–H groups in total. The molecule has 0 aliphatic carbocycles. The molecule has 1 aromatic carbocycles. The number of nitrogens with two attached hydrogens (primary N) is 1. The molecule has 0 spiro atoms. The molecule has 3 nitrogen and oxygen atoms in total.